The lowest BCUT2D eigenvalue weighted by molar-refractivity contribution is 0.102. The number of carbonyl (C=O) groups is 1. The normalized spacial score (nSPS) is 11.4. The molecule has 0 saturated heterocycles. The van der Waals surface area contributed by atoms with Crippen LogP contribution in [-0.2, 0) is 10.0 Å². The topological polar surface area (TPSA) is 75.3 Å². The third-order valence-corrected chi connectivity index (χ3v) is 4.84. The van der Waals surface area contributed by atoms with Crippen LogP contribution < -0.4 is 10.0 Å². The standard InChI is InChI=1S/C21H16F2N2O3S/c22-17-8-11-20(19(23)14-17)24-21(26)16-6-9-18(10-7-16)25-29(27,28)13-12-15-4-2-1-3-5-15/h1-14,25H,(H,24,26)/b13-12+. The predicted molar refractivity (Wildman–Crippen MR) is 109 cm³/mol. The molecule has 0 spiro atoms. The van der Waals surface area contributed by atoms with Crippen molar-refractivity contribution in [1.29, 1.82) is 0 Å². The second kappa shape index (κ2) is 8.66. The molecule has 3 aromatic rings. The summed E-state index contributed by atoms with van der Waals surface area (Å²) in [6.45, 7) is 0. The average Bonchev–Trinajstić information content (AvgIpc) is 2.70. The molecule has 8 heteroatoms. The Morgan fingerprint density at radius 1 is 0.897 bits per heavy atom. The van der Waals surface area contributed by atoms with E-state index < -0.39 is 27.6 Å². The van der Waals surface area contributed by atoms with E-state index in [0.29, 0.717) is 6.07 Å². The molecular formula is C21H16F2N2O3S. The van der Waals surface area contributed by atoms with Crippen molar-refractivity contribution in [3.8, 4) is 0 Å². The predicted octanol–water partition coefficient (Wildman–Crippen LogP) is 4.63. The van der Waals surface area contributed by atoms with E-state index in [1.165, 1.54) is 30.3 Å². The third kappa shape index (κ3) is 5.73. The molecule has 0 fully saturated rings. The minimum absolute atomic E-state index is 0.160. The van der Waals surface area contributed by atoms with Crippen LogP contribution in [0.4, 0.5) is 20.2 Å². The van der Waals surface area contributed by atoms with Crippen molar-refractivity contribution in [2.24, 2.45) is 0 Å². The lowest BCUT2D eigenvalue weighted by atomic mass is 10.2. The zero-order valence-corrected chi connectivity index (χ0v) is 15.8. The number of rotatable bonds is 6. The van der Waals surface area contributed by atoms with Crippen LogP contribution in [0.5, 0.6) is 0 Å². The van der Waals surface area contributed by atoms with Gasteiger partial charge in [0.2, 0.25) is 0 Å². The van der Waals surface area contributed by atoms with Gasteiger partial charge in [0, 0.05) is 17.3 Å². The van der Waals surface area contributed by atoms with Crippen molar-refractivity contribution < 1.29 is 22.0 Å². The summed E-state index contributed by atoms with van der Waals surface area (Å²) in [5, 5.41) is 3.37. The molecule has 0 bridgehead atoms. The van der Waals surface area contributed by atoms with Gasteiger partial charge in [0.1, 0.15) is 11.6 Å². The number of amides is 1. The number of hydrogen-bond acceptors (Lipinski definition) is 3. The van der Waals surface area contributed by atoms with Crippen LogP contribution in [0.15, 0.2) is 78.2 Å². The van der Waals surface area contributed by atoms with Crippen LogP contribution in [-0.4, -0.2) is 14.3 Å². The van der Waals surface area contributed by atoms with Crippen molar-refractivity contribution in [1.82, 2.24) is 0 Å². The van der Waals surface area contributed by atoms with E-state index in [0.717, 1.165) is 23.1 Å². The summed E-state index contributed by atoms with van der Waals surface area (Å²) in [5.41, 5.74) is 1.01. The number of nitrogens with one attached hydrogen (secondary N) is 2. The van der Waals surface area contributed by atoms with Gasteiger partial charge in [0.05, 0.1) is 11.1 Å². The van der Waals surface area contributed by atoms with Gasteiger partial charge < -0.3 is 5.32 Å². The number of anilines is 2. The minimum Gasteiger partial charge on any atom is -0.319 e. The van der Waals surface area contributed by atoms with Gasteiger partial charge >= 0.3 is 0 Å². The summed E-state index contributed by atoms with van der Waals surface area (Å²) in [7, 11) is -3.74. The van der Waals surface area contributed by atoms with Gasteiger partial charge in [-0.1, -0.05) is 30.3 Å². The second-order valence-electron chi connectivity index (χ2n) is 6.02. The van der Waals surface area contributed by atoms with Crippen molar-refractivity contribution in [3.63, 3.8) is 0 Å². The van der Waals surface area contributed by atoms with Crippen molar-refractivity contribution in [2.45, 2.75) is 0 Å². The molecule has 0 atom stereocenters. The smallest absolute Gasteiger partial charge is 0.255 e. The molecule has 3 rings (SSSR count). The Labute approximate surface area is 166 Å². The van der Waals surface area contributed by atoms with E-state index >= 15 is 0 Å². The van der Waals surface area contributed by atoms with Crippen LogP contribution >= 0.6 is 0 Å². The van der Waals surface area contributed by atoms with E-state index in [4.69, 9.17) is 0 Å². The van der Waals surface area contributed by atoms with Crippen LogP contribution in [0.3, 0.4) is 0 Å². The van der Waals surface area contributed by atoms with Gasteiger partial charge in [-0.3, -0.25) is 9.52 Å². The Bertz CT molecular complexity index is 1150. The molecule has 0 unspecified atom stereocenters. The molecule has 0 aliphatic rings. The summed E-state index contributed by atoms with van der Waals surface area (Å²) >= 11 is 0. The molecule has 0 aliphatic carbocycles. The SMILES string of the molecule is O=C(Nc1ccc(F)cc1F)c1ccc(NS(=O)(=O)/C=C/c2ccccc2)cc1. The fourth-order valence-electron chi connectivity index (χ4n) is 2.41. The maximum atomic E-state index is 13.6. The molecule has 2 N–H and O–H groups in total. The highest BCUT2D eigenvalue weighted by atomic mass is 32.2. The molecule has 1 amide bonds. The average molecular weight is 414 g/mol. The first-order chi connectivity index (χ1) is 13.8. The second-order valence-corrected chi connectivity index (χ2v) is 7.58. The maximum absolute atomic E-state index is 13.6. The van der Waals surface area contributed by atoms with Crippen molar-refractivity contribution in [2.75, 3.05) is 10.0 Å². The molecule has 0 aliphatic heterocycles. The Kier molecular flexibility index (Phi) is 6.04. The molecule has 29 heavy (non-hydrogen) atoms. The van der Waals surface area contributed by atoms with Crippen LogP contribution in [0.1, 0.15) is 15.9 Å². The molecule has 0 aromatic heterocycles. The number of benzene rings is 3. The molecule has 0 heterocycles. The first-order valence-corrected chi connectivity index (χ1v) is 9.99. The van der Waals surface area contributed by atoms with Gasteiger partial charge in [-0.2, -0.15) is 0 Å². The quantitative estimate of drug-likeness (QED) is 0.618. The number of sulfonamides is 1. The lowest BCUT2D eigenvalue weighted by Crippen LogP contribution is -2.13. The molecule has 5 nitrogen and oxygen atoms in total. The number of hydrogen-bond donors (Lipinski definition) is 2. The Hall–Kier alpha value is -3.52. The lowest BCUT2D eigenvalue weighted by Gasteiger charge is -2.08. The van der Waals surface area contributed by atoms with E-state index in [1.807, 2.05) is 6.07 Å². The minimum atomic E-state index is -3.74. The highest BCUT2D eigenvalue weighted by molar-refractivity contribution is 7.95. The first kappa shape index (κ1) is 20.2. The van der Waals surface area contributed by atoms with Gasteiger partial charge in [-0.25, -0.2) is 17.2 Å². The molecule has 0 radical (unpaired) electrons. The van der Waals surface area contributed by atoms with Crippen molar-refractivity contribution >= 4 is 33.4 Å². The summed E-state index contributed by atoms with van der Waals surface area (Å²) in [6, 6.07) is 17.3. The van der Waals surface area contributed by atoms with Crippen LogP contribution in [0.2, 0.25) is 0 Å². The zero-order valence-electron chi connectivity index (χ0n) is 15.0. The van der Waals surface area contributed by atoms with Crippen molar-refractivity contribution in [3.05, 3.63) is 101 Å². The van der Waals surface area contributed by atoms with Gasteiger partial charge in [0.25, 0.3) is 15.9 Å². The number of carbonyl (C=O) groups excluding carboxylic acids is 1. The third-order valence-electron chi connectivity index (χ3n) is 3.83. The summed E-state index contributed by atoms with van der Waals surface area (Å²) in [4.78, 5) is 12.2. The van der Waals surface area contributed by atoms with Crippen LogP contribution in [0, 0.1) is 11.6 Å². The fraction of sp³-hybridized carbons (Fsp3) is 0. The molecule has 0 saturated carbocycles. The van der Waals surface area contributed by atoms with Gasteiger partial charge in [0.15, 0.2) is 0 Å². The zero-order chi connectivity index (χ0) is 20.9. The molecule has 3 aromatic carbocycles. The monoisotopic (exact) mass is 414 g/mol. The largest absolute Gasteiger partial charge is 0.319 e. The number of halogens is 2. The highest BCUT2D eigenvalue weighted by Crippen LogP contribution is 2.18. The van der Waals surface area contributed by atoms with Gasteiger partial charge in [-0.15, -0.1) is 0 Å². The maximum Gasteiger partial charge on any atom is 0.255 e. The summed E-state index contributed by atoms with van der Waals surface area (Å²) in [6.07, 6.45) is 1.46. The Morgan fingerprint density at radius 2 is 1.59 bits per heavy atom. The fourth-order valence-corrected chi connectivity index (χ4v) is 3.27. The van der Waals surface area contributed by atoms with E-state index in [-0.39, 0.29) is 16.9 Å². The summed E-state index contributed by atoms with van der Waals surface area (Å²) in [5.74, 6) is -2.26. The van der Waals surface area contributed by atoms with E-state index in [1.54, 1.807) is 24.3 Å². The Balaban J connectivity index is 1.66. The summed E-state index contributed by atoms with van der Waals surface area (Å²) < 4.78 is 53.2. The molecular weight excluding hydrogens is 398 g/mol. The van der Waals surface area contributed by atoms with E-state index in [9.17, 15) is 22.0 Å². The molecule has 148 valence electrons. The Morgan fingerprint density at radius 3 is 2.24 bits per heavy atom. The first-order valence-electron chi connectivity index (χ1n) is 8.45. The van der Waals surface area contributed by atoms with E-state index in [2.05, 4.69) is 10.0 Å². The van der Waals surface area contributed by atoms with Crippen LogP contribution in [0.25, 0.3) is 6.08 Å². The highest BCUT2D eigenvalue weighted by Gasteiger charge is 2.11. The van der Waals surface area contributed by atoms with Gasteiger partial charge in [-0.05, 0) is 48.0 Å².